The number of anilines is 1. The Bertz CT molecular complexity index is 728. The van der Waals surface area contributed by atoms with Gasteiger partial charge in [0.05, 0.1) is 24.6 Å². The average Bonchev–Trinajstić information content (AvgIpc) is 3.18. The van der Waals surface area contributed by atoms with Gasteiger partial charge in [-0.1, -0.05) is 75.6 Å². The summed E-state index contributed by atoms with van der Waals surface area (Å²) in [6.45, 7) is 6.34. The predicted molar refractivity (Wildman–Crippen MR) is 115 cm³/mol. The molecule has 4 nitrogen and oxygen atoms in total. The third-order valence-electron chi connectivity index (χ3n) is 5.17. The molecule has 0 amide bonds. The van der Waals surface area contributed by atoms with Gasteiger partial charge in [0.1, 0.15) is 13.0 Å². The first-order valence-corrected chi connectivity index (χ1v) is 10.4. The molecular weight excluding hydrogens is 348 g/mol. The number of nitrogens with one attached hydrogen (secondary N) is 1. The van der Waals surface area contributed by atoms with Gasteiger partial charge in [0.15, 0.2) is 0 Å². The van der Waals surface area contributed by atoms with Crippen molar-refractivity contribution in [3.63, 3.8) is 0 Å². The molecule has 1 N–H and O–H groups in total. The van der Waals surface area contributed by atoms with Crippen LogP contribution in [0.15, 0.2) is 66.6 Å². The van der Waals surface area contributed by atoms with Crippen LogP contribution >= 0.6 is 0 Å². The van der Waals surface area contributed by atoms with E-state index in [2.05, 4.69) is 67.8 Å². The maximum atomic E-state index is 5.89. The zero-order valence-electron chi connectivity index (χ0n) is 17.1. The van der Waals surface area contributed by atoms with Gasteiger partial charge in [-0.3, -0.25) is 10.4 Å². The summed E-state index contributed by atoms with van der Waals surface area (Å²) in [6, 6.07) is 18.9. The van der Waals surface area contributed by atoms with Gasteiger partial charge in [-0.05, 0) is 35.6 Å². The summed E-state index contributed by atoms with van der Waals surface area (Å²) >= 11 is 0. The van der Waals surface area contributed by atoms with E-state index in [9.17, 15) is 0 Å². The molecule has 2 aromatic carbocycles. The lowest BCUT2D eigenvalue weighted by Gasteiger charge is -2.21. The molecule has 1 fully saturated rings. The largest absolute Gasteiger partial charge is 0.499 e. The standard InChI is InChI=1S/C24H32N2O2/c1-3-5-9-20(4-2)16-27-17-24-18-28-19-26(24)25-23-14-12-22(13-15-23)21-10-7-6-8-11-21/h6-8,10-15,17,20,25H,3-5,9,16,18-19H2,1-2H3. The van der Waals surface area contributed by atoms with Crippen molar-refractivity contribution >= 4 is 5.69 Å². The zero-order chi connectivity index (χ0) is 19.6. The van der Waals surface area contributed by atoms with E-state index in [1.807, 2.05) is 17.3 Å². The fourth-order valence-electron chi connectivity index (χ4n) is 3.31. The van der Waals surface area contributed by atoms with E-state index in [1.54, 1.807) is 0 Å². The van der Waals surface area contributed by atoms with E-state index >= 15 is 0 Å². The molecule has 0 aliphatic carbocycles. The summed E-state index contributed by atoms with van der Waals surface area (Å²) in [5.74, 6) is 0.631. The summed E-state index contributed by atoms with van der Waals surface area (Å²) in [6.07, 6.45) is 6.77. The van der Waals surface area contributed by atoms with E-state index in [1.165, 1.54) is 30.4 Å². The van der Waals surface area contributed by atoms with E-state index < -0.39 is 0 Å². The molecular formula is C24H32N2O2. The molecule has 28 heavy (non-hydrogen) atoms. The molecule has 1 heterocycles. The van der Waals surface area contributed by atoms with Crippen LogP contribution in [0.2, 0.25) is 0 Å². The van der Waals surface area contributed by atoms with Gasteiger partial charge in [-0.15, -0.1) is 0 Å². The Balaban J connectivity index is 1.54. The van der Waals surface area contributed by atoms with E-state index in [0.29, 0.717) is 19.3 Å². The molecule has 2 aromatic rings. The summed E-state index contributed by atoms with van der Waals surface area (Å²) < 4.78 is 11.5. The Morgan fingerprint density at radius 2 is 1.82 bits per heavy atom. The Hall–Kier alpha value is -2.46. The van der Waals surface area contributed by atoms with Crippen LogP contribution in [-0.2, 0) is 9.47 Å². The fraction of sp³-hybridized carbons (Fsp3) is 0.417. The third kappa shape index (κ3) is 5.77. The maximum absolute atomic E-state index is 5.89. The Morgan fingerprint density at radius 1 is 1.07 bits per heavy atom. The van der Waals surface area contributed by atoms with Gasteiger partial charge in [-0.2, -0.15) is 0 Å². The number of rotatable bonds is 10. The second-order valence-corrected chi connectivity index (χ2v) is 7.32. The molecule has 1 atom stereocenters. The van der Waals surface area contributed by atoms with E-state index in [0.717, 1.165) is 24.4 Å². The van der Waals surface area contributed by atoms with Crippen LogP contribution in [0.4, 0.5) is 5.69 Å². The van der Waals surface area contributed by atoms with Gasteiger partial charge < -0.3 is 9.47 Å². The van der Waals surface area contributed by atoms with Gasteiger partial charge in [0, 0.05) is 0 Å². The van der Waals surface area contributed by atoms with Crippen LogP contribution < -0.4 is 5.43 Å². The lowest BCUT2D eigenvalue weighted by atomic mass is 10.0. The highest BCUT2D eigenvalue weighted by Crippen LogP contribution is 2.23. The molecule has 1 saturated heterocycles. The van der Waals surface area contributed by atoms with Crippen LogP contribution in [-0.4, -0.2) is 25.0 Å². The van der Waals surface area contributed by atoms with Crippen molar-refractivity contribution < 1.29 is 9.47 Å². The molecule has 0 radical (unpaired) electrons. The minimum Gasteiger partial charge on any atom is -0.499 e. The van der Waals surface area contributed by atoms with Gasteiger partial charge >= 0.3 is 0 Å². The molecule has 0 saturated carbocycles. The van der Waals surface area contributed by atoms with Gasteiger partial charge in [-0.25, -0.2) is 0 Å². The number of nitrogens with zero attached hydrogens (tertiary/aromatic N) is 1. The lowest BCUT2D eigenvalue weighted by molar-refractivity contribution is 0.153. The summed E-state index contributed by atoms with van der Waals surface area (Å²) in [4.78, 5) is 0. The summed E-state index contributed by atoms with van der Waals surface area (Å²) in [5, 5.41) is 2.00. The number of ether oxygens (including phenoxy) is 2. The molecule has 150 valence electrons. The molecule has 3 rings (SSSR count). The lowest BCUT2D eigenvalue weighted by Crippen LogP contribution is -2.25. The van der Waals surface area contributed by atoms with Crippen molar-refractivity contribution in [3.8, 4) is 11.1 Å². The van der Waals surface area contributed by atoms with Crippen molar-refractivity contribution in [2.45, 2.75) is 39.5 Å². The normalized spacial score (nSPS) is 16.4. The second kappa shape index (κ2) is 10.8. The first-order chi connectivity index (χ1) is 13.8. The van der Waals surface area contributed by atoms with Gasteiger partial charge in [0.2, 0.25) is 0 Å². The monoisotopic (exact) mass is 380 g/mol. The maximum Gasteiger partial charge on any atom is 0.138 e. The molecule has 0 spiro atoms. The number of hydrogen-bond acceptors (Lipinski definition) is 4. The zero-order valence-corrected chi connectivity index (χ0v) is 17.1. The molecule has 1 aliphatic rings. The summed E-state index contributed by atoms with van der Waals surface area (Å²) in [5.41, 5.74) is 7.91. The molecule has 1 aliphatic heterocycles. The fourth-order valence-corrected chi connectivity index (χ4v) is 3.31. The first kappa shape index (κ1) is 20.3. The van der Waals surface area contributed by atoms with Crippen molar-refractivity contribution in [2.24, 2.45) is 5.92 Å². The number of benzene rings is 2. The van der Waals surface area contributed by atoms with Crippen LogP contribution in [0, 0.1) is 5.92 Å². The number of unbranched alkanes of at least 4 members (excludes halogenated alkanes) is 1. The second-order valence-electron chi connectivity index (χ2n) is 7.32. The first-order valence-electron chi connectivity index (χ1n) is 10.4. The third-order valence-corrected chi connectivity index (χ3v) is 5.17. The van der Waals surface area contributed by atoms with Crippen molar-refractivity contribution in [1.29, 1.82) is 0 Å². The minimum atomic E-state index is 0.517. The smallest absolute Gasteiger partial charge is 0.138 e. The quantitative estimate of drug-likeness (QED) is 0.509. The van der Waals surface area contributed by atoms with Crippen LogP contribution in [0.1, 0.15) is 39.5 Å². The number of hydrazine groups is 1. The number of hydrogen-bond donors (Lipinski definition) is 1. The average molecular weight is 381 g/mol. The van der Waals surface area contributed by atoms with Gasteiger partial charge in [0.25, 0.3) is 0 Å². The van der Waals surface area contributed by atoms with Crippen molar-refractivity contribution in [1.82, 2.24) is 5.01 Å². The topological polar surface area (TPSA) is 33.7 Å². The van der Waals surface area contributed by atoms with Crippen molar-refractivity contribution in [2.75, 3.05) is 25.4 Å². The van der Waals surface area contributed by atoms with Crippen LogP contribution in [0.25, 0.3) is 11.1 Å². The Morgan fingerprint density at radius 3 is 2.54 bits per heavy atom. The summed E-state index contributed by atoms with van der Waals surface area (Å²) in [7, 11) is 0. The molecule has 0 bridgehead atoms. The van der Waals surface area contributed by atoms with Crippen LogP contribution in [0.3, 0.4) is 0 Å². The highest BCUT2D eigenvalue weighted by Gasteiger charge is 2.18. The SMILES string of the molecule is CCCCC(CC)COC=C1COCN1Nc1ccc(-c2ccccc2)cc1. The predicted octanol–water partition coefficient (Wildman–Crippen LogP) is 6.04. The Labute approximate surface area is 169 Å². The van der Waals surface area contributed by atoms with Crippen LogP contribution in [0.5, 0.6) is 0 Å². The van der Waals surface area contributed by atoms with E-state index in [-0.39, 0.29) is 0 Å². The molecule has 4 heteroatoms. The highest BCUT2D eigenvalue weighted by atomic mass is 16.5. The van der Waals surface area contributed by atoms with Crippen molar-refractivity contribution in [3.05, 3.63) is 66.6 Å². The Kier molecular flexibility index (Phi) is 7.80. The molecule has 0 aromatic heterocycles. The minimum absolute atomic E-state index is 0.517. The molecule has 1 unspecified atom stereocenters. The highest BCUT2D eigenvalue weighted by molar-refractivity contribution is 5.65. The van der Waals surface area contributed by atoms with E-state index in [4.69, 9.17) is 9.47 Å².